The van der Waals surface area contributed by atoms with Crippen LogP contribution in [0, 0.1) is 0 Å². The zero-order valence-electron chi connectivity index (χ0n) is 25.4. The summed E-state index contributed by atoms with van der Waals surface area (Å²) in [5, 5.41) is 3.04. The molecule has 1 N–H and O–H groups in total. The molecule has 0 aliphatic heterocycles. The zero-order chi connectivity index (χ0) is 30.5. The number of allylic oxidation sites excluding steroid dienone is 2. The molecule has 0 bridgehead atoms. The van der Waals surface area contributed by atoms with E-state index in [4.69, 9.17) is 28.4 Å². The van der Waals surface area contributed by atoms with E-state index < -0.39 is 0 Å². The maximum Gasteiger partial charge on any atom is 0.244 e. The second-order valence-corrected chi connectivity index (χ2v) is 9.37. The van der Waals surface area contributed by atoms with E-state index in [2.05, 4.69) is 16.4 Å². The zero-order valence-corrected chi connectivity index (χ0v) is 25.4. The molecule has 0 radical (unpaired) electrons. The highest BCUT2D eigenvalue weighted by Gasteiger charge is 2.24. The number of ether oxygens (including phenoxy) is 6. The first-order valence-corrected chi connectivity index (χ1v) is 13.6. The minimum atomic E-state index is -0.196. The molecule has 224 valence electrons. The fourth-order valence-electron chi connectivity index (χ4n) is 4.70. The Morgan fingerprint density at radius 1 is 0.810 bits per heavy atom. The van der Waals surface area contributed by atoms with Gasteiger partial charge in [-0.1, -0.05) is 18.2 Å². The van der Waals surface area contributed by atoms with Crippen molar-refractivity contribution in [2.24, 2.45) is 0 Å². The Hall–Kier alpha value is -4.66. The number of nitrogens with zero attached hydrogens (tertiary/aromatic N) is 1. The summed E-state index contributed by atoms with van der Waals surface area (Å²) < 4.78 is 33.8. The predicted octanol–water partition coefficient (Wildman–Crippen LogP) is 5.65. The van der Waals surface area contributed by atoms with Gasteiger partial charge in [0.15, 0.2) is 23.0 Å². The van der Waals surface area contributed by atoms with E-state index >= 15 is 0 Å². The molecule has 1 unspecified atom stereocenters. The van der Waals surface area contributed by atoms with Crippen molar-refractivity contribution in [3.8, 4) is 34.5 Å². The molecular weight excluding hydrogens is 536 g/mol. The molecule has 1 atom stereocenters. The van der Waals surface area contributed by atoms with Crippen LogP contribution in [-0.2, 0) is 11.2 Å². The van der Waals surface area contributed by atoms with Crippen LogP contribution in [-0.4, -0.2) is 59.6 Å². The number of carbonyl (C=O) groups is 1. The van der Waals surface area contributed by atoms with Crippen LogP contribution >= 0.6 is 0 Å². The Kier molecular flexibility index (Phi) is 12.1. The smallest absolute Gasteiger partial charge is 0.244 e. The topological polar surface area (TPSA) is 97.4 Å². The van der Waals surface area contributed by atoms with Gasteiger partial charge in [-0.05, 0) is 67.7 Å². The number of pyridine rings is 1. The molecule has 2 aromatic carbocycles. The van der Waals surface area contributed by atoms with Crippen LogP contribution in [0.5, 0.6) is 34.5 Å². The van der Waals surface area contributed by atoms with Crippen LogP contribution in [0.3, 0.4) is 0 Å². The van der Waals surface area contributed by atoms with Gasteiger partial charge in [0.05, 0.1) is 42.7 Å². The van der Waals surface area contributed by atoms with Crippen LogP contribution in [0.4, 0.5) is 0 Å². The highest BCUT2D eigenvalue weighted by Crippen LogP contribution is 2.48. The molecule has 0 aliphatic rings. The molecule has 1 amide bonds. The van der Waals surface area contributed by atoms with Gasteiger partial charge < -0.3 is 33.7 Å². The van der Waals surface area contributed by atoms with E-state index in [9.17, 15) is 4.79 Å². The van der Waals surface area contributed by atoms with Crippen LogP contribution in [0.15, 0.2) is 67.0 Å². The summed E-state index contributed by atoms with van der Waals surface area (Å²) in [7, 11) is 9.34. The van der Waals surface area contributed by atoms with E-state index in [1.54, 1.807) is 67.1 Å². The Morgan fingerprint density at radius 3 is 1.86 bits per heavy atom. The molecule has 9 nitrogen and oxygen atoms in total. The van der Waals surface area contributed by atoms with Gasteiger partial charge in [0.25, 0.3) is 0 Å². The Balaban J connectivity index is 1.95. The van der Waals surface area contributed by atoms with Crippen molar-refractivity contribution in [2.45, 2.75) is 32.2 Å². The first-order chi connectivity index (χ1) is 20.4. The summed E-state index contributed by atoms with van der Waals surface area (Å²) in [5.41, 5.74) is 3.26. The number of carbonyl (C=O) groups excluding carboxylic acids is 1. The Labute approximate surface area is 248 Å². The van der Waals surface area contributed by atoms with Crippen molar-refractivity contribution in [1.82, 2.24) is 10.3 Å². The van der Waals surface area contributed by atoms with Crippen LogP contribution in [0.25, 0.3) is 5.57 Å². The number of methoxy groups -OCH3 is 6. The summed E-state index contributed by atoms with van der Waals surface area (Å²) in [6, 6.07) is 11.3. The van der Waals surface area contributed by atoms with Gasteiger partial charge in [0.2, 0.25) is 17.4 Å². The highest BCUT2D eigenvalue weighted by atomic mass is 16.5. The molecule has 0 fully saturated rings. The summed E-state index contributed by atoms with van der Waals surface area (Å²) in [6.07, 6.45) is 11.4. The number of aryl methyl sites for hydroxylation is 1. The lowest BCUT2D eigenvalue weighted by Gasteiger charge is -2.20. The van der Waals surface area contributed by atoms with E-state index in [1.807, 2.05) is 37.4 Å². The lowest BCUT2D eigenvalue weighted by molar-refractivity contribution is -0.117. The second-order valence-electron chi connectivity index (χ2n) is 9.37. The number of hydrogen-bond acceptors (Lipinski definition) is 8. The maximum absolute atomic E-state index is 12.8. The number of aromatic nitrogens is 1. The Bertz CT molecular complexity index is 1320. The minimum absolute atomic E-state index is 0.0131. The monoisotopic (exact) mass is 576 g/mol. The lowest BCUT2D eigenvalue weighted by atomic mass is 9.94. The molecule has 0 aliphatic carbocycles. The third-order valence-corrected chi connectivity index (χ3v) is 6.71. The number of rotatable bonds is 15. The summed E-state index contributed by atoms with van der Waals surface area (Å²) in [6.45, 7) is 2.00. The third-order valence-electron chi connectivity index (χ3n) is 6.71. The van der Waals surface area contributed by atoms with Crippen molar-refractivity contribution in [3.63, 3.8) is 0 Å². The van der Waals surface area contributed by atoms with Crippen molar-refractivity contribution < 1.29 is 33.2 Å². The van der Waals surface area contributed by atoms with Crippen LogP contribution in [0.1, 0.15) is 36.5 Å². The van der Waals surface area contributed by atoms with Gasteiger partial charge in [-0.3, -0.25) is 9.78 Å². The Morgan fingerprint density at radius 2 is 1.38 bits per heavy atom. The molecule has 3 aromatic rings. The molecule has 42 heavy (non-hydrogen) atoms. The third kappa shape index (κ3) is 7.75. The van der Waals surface area contributed by atoms with Crippen molar-refractivity contribution in [1.29, 1.82) is 0 Å². The quantitative estimate of drug-likeness (QED) is 0.183. The van der Waals surface area contributed by atoms with Gasteiger partial charge in [0, 0.05) is 35.6 Å². The van der Waals surface area contributed by atoms with Gasteiger partial charge in [-0.2, -0.15) is 0 Å². The molecule has 1 aromatic heterocycles. The standard InChI is InChI=1S/C33H40N2O7/c1-22(11-8-12-23-13-10-20-34-21-23)35-29(36)15-9-14-24(25-16-18-27(37-2)32(41-6)30(25)39-4)26-17-19-28(38-3)33(42-7)31(26)40-5/h9-10,13-22H,8,11-12H2,1-7H3,(H,35,36)/b15-9+. The summed E-state index contributed by atoms with van der Waals surface area (Å²) in [5.74, 6) is 2.63. The van der Waals surface area contributed by atoms with Gasteiger partial charge >= 0.3 is 0 Å². The molecule has 0 saturated carbocycles. The number of nitrogens with one attached hydrogen (secondary N) is 1. The molecule has 1 heterocycles. The van der Waals surface area contributed by atoms with E-state index in [1.165, 1.54) is 11.6 Å². The number of hydrogen-bond donors (Lipinski definition) is 1. The van der Waals surface area contributed by atoms with Crippen LogP contribution in [0.2, 0.25) is 0 Å². The van der Waals surface area contributed by atoms with Crippen molar-refractivity contribution in [2.75, 3.05) is 42.7 Å². The summed E-state index contributed by atoms with van der Waals surface area (Å²) in [4.78, 5) is 16.9. The first kappa shape index (κ1) is 31.9. The summed E-state index contributed by atoms with van der Waals surface area (Å²) >= 11 is 0. The average Bonchev–Trinajstić information content (AvgIpc) is 3.02. The second kappa shape index (κ2) is 16.0. The fourth-order valence-corrected chi connectivity index (χ4v) is 4.70. The first-order valence-electron chi connectivity index (χ1n) is 13.6. The molecular formula is C33H40N2O7. The molecule has 0 saturated heterocycles. The van der Waals surface area contributed by atoms with E-state index in [0.29, 0.717) is 51.2 Å². The fraction of sp³-hybridized carbons (Fsp3) is 0.333. The van der Waals surface area contributed by atoms with Gasteiger partial charge in [-0.15, -0.1) is 0 Å². The highest BCUT2D eigenvalue weighted by molar-refractivity contribution is 5.92. The normalized spacial score (nSPS) is 11.4. The molecule has 3 rings (SSSR count). The van der Waals surface area contributed by atoms with Gasteiger partial charge in [0.1, 0.15) is 0 Å². The largest absolute Gasteiger partial charge is 0.493 e. The SMILES string of the molecule is COc1ccc(C(=C/C=C/C(=O)NC(C)CCCc2cccnc2)c2ccc(OC)c(OC)c2OC)c(OC)c1OC. The lowest BCUT2D eigenvalue weighted by Crippen LogP contribution is -2.31. The minimum Gasteiger partial charge on any atom is -0.493 e. The molecule has 0 spiro atoms. The van der Waals surface area contributed by atoms with Gasteiger partial charge in [-0.25, -0.2) is 0 Å². The number of benzene rings is 2. The maximum atomic E-state index is 12.8. The molecule has 9 heteroatoms. The predicted molar refractivity (Wildman–Crippen MR) is 163 cm³/mol. The average molecular weight is 577 g/mol. The van der Waals surface area contributed by atoms with E-state index in [0.717, 1.165) is 19.3 Å². The van der Waals surface area contributed by atoms with Crippen molar-refractivity contribution >= 4 is 11.5 Å². The number of amides is 1. The van der Waals surface area contributed by atoms with Crippen LogP contribution < -0.4 is 33.7 Å². The van der Waals surface area contributed by atoms with E-state index in [-0.39, 0.29) is 11.9 Å². The van der Waals surface area contributed by atoms with Crippen molar-refractivity contribution in [3.05, 3.63) is 83.7 Å².